The van der Waals surface area contributed by atoms with Crippen LogP contribution in [0.2, 0.25) is 6.32 Å². The molecule has 1 heterocycles. The first kappa shape index (κ1) is 21.5. The molecule has 142 valence electrons. The molecule has 0 bridgehead atoms. The summed E-state index contributed by atoms with van der Waals surface area (Å²) in [6, 6.07) is 23.5. The van der Waals surface area contributed by atoms with Crippen LogP contribution >= 0.6 is 0 Å². The van der Waals surface area contributed by atoms with Crippen LogP contribution in [0.4, 0.5) is 0 Å². The number of hydrogen-bond acceptors (Lipinski definition) is 2. The summed E-state index contributed by atoms with van der Waals surface area (Å²) in [6.45, 7) is 0.974. The Kier molecular flexibility index (Phi) is 10.3. The second-order valence-electron chi connectivity index (χ2n) is 6.72. The number of aryl methyl sites for hydroxylation is 1. The molecular formula is C24H28BN3. The third kappa shape index (κ3) is 7.84. The number of nitrogens with zero attached hydrogens (tertiary/aromatic N) is 3. The number of hydrogen-bond donors (Lipinski definition) is 0. The van der Waals surface area contributed by atoms with Gasteiger partial charge >= 0.3 is 0 Å². The normalized spacial score (nSPS) is 10.1. The fourth-order valence-corrected chi connectivity index (χ4v) is 3.14. The van der Waals surface area contributed by atoms with E-state index < -0.39 is 0 Å². The molecule has 0 aliphatic heterocycles. The van der Waals surface area contributed by atoms with Crippen LogP contribution in [0.5, 0.6) is 0 Å². The first-order chi connectivity index (χ1) is 13.8. The first-order valence-corrected chi connectivity index (χ1v) is 9.97. The average Bonchev–Trinajstić information content (AvgIpc) is 3.27. The maximum Gasteiger partial charge on any atom is 0.0945 e. The number of unbranched alkanes of at least 4 members (excludes halogenated alkanes) is 2. The summed E-state index contributed by atoms with van der Waals surface area (Å²) in [5.74, 6) is 0.473. The molecule has 28 heavy (non-hydrogen) atoms. The van der Waals surface area contributed by atoms with Gasteiger partial charge in [-0.3, -0.25) is 0 Å². The van der Waals surface area contributed by atoms with Crippen LogP contribution in [0.1, 0.15) is 49.1 Å². The zero-order valence-corrected chi connectivity index (χ0v) is 16.5. The number of aromatic nitrogens is 2. The topological polar surface area (TPSA) is 41.6 Å². The fraction of sp³-hybridized carbons (Fsp3) is 0.333. The van der Waals surface area contributed by atoms with Gasteiger partial charge in [-0.15, -0.1) is 0 Å². The highest BCUT2D eigenvalue weighted by atomic mass is 15.0. The van der Waals surface area contributed by atoms with Crippen LogP contribution in [0.15, 0.2) is 79.4 Å². The number of rotatable bonds is 9. The van der Waals surface area contributed by atoms with Crippen molar-refractivity contribution in [1.29, 1.82) is 5.26 Å². The number of imidazole rings is 1. The molecule has 0 atom stereocenters. The Labute approximate surface area is 170 Å². The van der Waals surface area contributed by atoms with Crippen LogP contribution in [0, 0.1) is 11.3 Å². The second-order valence-corrected chi connectivity index (χ2v) is 6.72. The summed E-state index contributed by atoms with van der Waals surface area (Å²) in [7, 11) is 5.63. The predicted molar refractivity (Wildman–Crippen MR) is 116 cm³/mol. The lowest BCUT2D eigenvalue weighted by Gasteiger charge is -2.17. The summed E-state index contributed by atoms with van der Waals surface area (Å²) in [4.78, 5) is 3.92. The Morgan fingerprint density at radius 2 is 1.57 bits per heavy atom. The molecule has 4 heteroatoms. The first-order valence-electron chi connectivity index (χ1n) is 9.97. The number of benzene rings is 2. The Morgan fingerprint density at radius 3 is 2.07 bits per heavy atom. The SMILES string of the molecule is N#CCCCCn1ccnc1.[B]CCCC(c1ccccc1)c1ccccc1. The highest BCUT2D eigenvalue weighted by Crippen LogP contribution is 2.29. The van der Waals surface area contributed by atoms with Crippen molar-refractivity contribution >= 4 is 7.85 Å². The predicted octanol–water partition coefficient (Wildman–Crippen LogP) is 5.76. The molecule has 2 radical (unpaired) electrons. The zero-order chi connectivity index (χ0) is 19.9. The second kappa shape index (κ2) is 13.4. The van der Waals surface area contributed by atoms with Gasteiger partial charge in [0.1, 0.15) is 0 Å². The van der Waals surface area contributed by atoms with E-state index in [-0.39, 0.29) is 0 Å². The van der Waals surface area contributed by atoms with E-state index in [4.69, 9.17) is 13.1 Å². The highest BCUT2D eigenvalue weighted by Gasteiger charge is 2.12. The van der Waals surface area contributed by atoms with Crippen molar-refractivity contribution in [2.75, 3.05) is 0 Å². The van der Waals surface area contributed by atoms with Crippen LogP contribution in [0.25, 0.3) is 0 Å². The summed E-state index contributed by atoms with van der Waals surface area (Å²) in [5, 5.41) is 8.25. The van der Waals surface area contributed by atoms with E-state index >= 15 is 0 Å². The molecule has 0 spiro atoms. The van der Waals surface area contributed by atoms with Crippen molar-refractivity contribution in [3.05, 3.63) is 90.5 Å². The van der Waals surface area contributed by atoms with Gasteiger partial charge in [-0.1, -0.05) is 73.4 Å². The summed E-state index contributed by atoms with van der Waals surface area (Å²) >= 11 is 0. The van der Waals surface area contributed by atoms with E-state index in [0.717, 1.165) is 38.5 Å². The monoisotopic (exact) mass is 369 g/mol. The Balaban J connectivity index is 0.000000221. The van der Waals surface area contributed by atoms with E-state index in [1.54, 1.807) is 12.5 Å². The lowest BCUT2D eigenvalue weighted by Crippen LogP contribution is -2.00. The van der Waals surface area contributed by atoms with Crippen molar-refractivity contribution in [2.45, 2.75) is 50.9 Å². The summed E-state index contributed by atoms with van der Waals surface area (Å²) < 4.78 is 2.03. The van der Waals surface area contributed by atoms with Crippen molar-refractivity contribution in [1.82, 2.24) is 9.55 Å². The minimum absolute atomic E-state index is 0.473. The molecule has 0 fully saturated rings. The highest BCUT2D eigenvalue weighted by molar-refractivity contribution is 6.08. The van der Waals surface area contributed by atoms with E-state index in [1.165, 1.54) is 11.1 Å². The van der Waals surface area contributed by atoms with Gasteiger partial charge in [0.2, 0.25) is 0 Å². The van der Waals surface area contributed by atoms with Gasteiger partial charge in [-0.25, -0.2) is 4.98 Å². The smallest absolute Gasteiger partial charge is 0.0945 e. The van der Waals surface area contributed by atoms with E-state index in [9.17, 15) is 0 Å². The third-order valence-electron chi connectivity index (χ3n) is 4.61. The third-order valence-corrected chi connectivity index (χ3v) is 4.61. The largest absolute Gasteiger partial charge is 0.337 e. The van der Waals surface area contributed by atoms with Crippen LogP contribution in [-0.2, 0) is 6.54 Å². The van der Waals surface area contributed by atoms with E-state index in [2.05, 4.69) is 71.7 Å². The molecule has 3 aromatic rings. The van der Waals surface area contributed by atoms with E-state index in [1.807, 2.05) is 10.8 Å². The van der Waals surface area contributed by atoms with Crippen molar-refractivity contribution in [3.63, 3.8) is 0 Å². The molecular weight excluding hydrogens is 341 g/mol. The molecule has 0 aliphatic rings. The van der Waals surface area contributed by atoms with Crippen LogP contribution in [-0.4, -0.2) is 17.4 Å². The molecule has 0 saturated carbocycles. The fourth-order valence-electron chi connectivity index (χ4n) is 3.14. The lowest BCUT2D eigenvalue weighted by molar-refractivity contribution is 0.616. The molecule has 3 rings (SSSR count). The molecule has 2 aromatic carbocycles. The molecule has 3 nitrogen and oxygen atoms in total. The quantitative estimate of drug-likeness (QED) is 0.355. The van der Waals surface area contributed by atoms with Gasteiger partial charge in [-0.05, 0) is 30.4 Å². The minimum Gasteiger partial charge on any atom is -0.337 e. The molecule has 0 saturated heterocycles. The molecule has 0 unspecified atom stereocenters. The van der Waals surface area contributed by atoms with Crippen LogP contribution < -0.4 is 0 Å². The lowest BCUT2D eigenvalue weighted by atomic mass is 9.85. The average molecular weight is 369 g/mol. The van der Waals surface area contributed by atoms with Crippen LogP contribution in [0.3, 0.4) is 0 Å². The van der Waals surface area contributed by atoms with Crippen molar-refractivity contribution in [2.24, 2.45) is 0 Å². The van der Waals surface area contributed by atoms with Gasteiger partial charge < -0.3 is 4.57 Å². The molecule has 0 N–H and O–H groups in total. The Hall–Kier alpha value is -2.80. The maximum atomic E-state index is 8.25. The zero-order valence-electron chi connectivity index (χ0n) is 16.5. The molecule has 1 aromatic heterocycles. The van der Waals surface area contributed by atoms with Gasteiger partial charge in [0.25, 0.3) is 0 Å². The van der Waals surface area contributed by atoms with Crippen molar-refractivity contribution in [3.8, 4) is 6.07 Å². The van der Waals surface area contributed by atoms with Gasteiger partial charge in [0, 0.05) is 31.3 Å². The summed E-state index contributed by atoms with van der Waals surface area (Å²) in [5.41, 5.74) is 2.76. The minimum atomic E-state index is 0.473. The maximum absolute atomic E-state index is 8.25. The van der Waals surface area contributed by atoms with Gasteiger partial charge in [0.05, 0.1) is 20.2 Å². The van der Waals surface area contributed by atoms with Gasteiger partial charge in [-0.2, -0.15) is 5.26 Å². The molecule has 0 amide bonds. The van der Waals surface area contributed by atoms with Crippen molar-refractivity contribution < 1.29 is 0 Å². The summed E-state index contributed by atoms with van der Waals surface area (Å²) in [6.07, 6.45) is 11.1. The Bertz CT molecular complexity index is 740. The Morgan fingerprint density at radius 1 is 0.929 bits per heavy atom. The molecule has 0 aliphatic carbocycles. The standard InChI is InChI=1S/C16H17B.C8H11N3/c17-13-7-12-16(14-8-3-1-4-9-14)15-10-5-2-6-11-15;9-4-2-1-3-6-11-7-5-10-8-11/h1-6,8-11,16H,7,12-13H2;5,7-8H,1-3,6H2. The van der Waals surface area contributed by atoms with Gasteiger partial charge in [0.15, 0.2) is 0 Å². The number of nitriles is 1. The van der Waals surface area contributed by atoms with E-state index in [0.29, 0.717) is 12.3 Å².